The summed E-state index contributed by atoms with van der Waals surface area (Å²) in [5.74, 6) is -0.381. The lowest BCUT2D eigenvalue weighted by Gasteiger charge is -2.33. The van der Waals surface area contributed by atoms with Gasteiger partial charge in [-0.05, 0) is 57.2 Å². The maximum absolute atomic E-state index is 13.4. The zero-order chi connectivity index (χ0) is 26.2. The Labute approximate surface area is 217 Å². The Bertz CT molecular complexity index is 1340. The quantitative estimate of drug-likeness (QED) is 0.352. The number of fused-ring (bicyclic) bond motifs is 1. The van der Waals surface area contributed by atoms with Crippen LogP contribution in [0.1, 0.15) is 42.4 Å². The number of rotatable bonds is 4. The van der Waals surface area contributed by atoms with Crippen LogP contribution in [0.5, 0.6) is 0 Å². The Hall–Kier alpha value is -3.76. The van der Waals surface area contributed by atoms with Crippen molar-refractivity contribution < 1.29 is 19.1 Å². The molecule has 10 nitrogen and oxygen atoms in total. The van der Waals surface area contributed by atoms with E-state index in [1.165, 1.54) is 4.90 Å². The van der Waals surface area contributed by atoms with Gasteiger partial charge in [0, 0.05) is 28.6 Å². The molecule has 0 atom stereocenters. The minimum Gasteiger partial charge on any atom is -0.448 e. The van der Waals surface area contributed by atoms with Crippen LogP contribution < -0.4 is 15.5 Å². The van der Waals surface area contributed by atoms with E-state index < -0.39 is 23.6 Å². The van der Waals surface area contributed by atoms with E-state index in [4.69, 9.17) is 33.8 Å². The Morgan fingerprint density at radius 3 is 2.47 bits per heavy atom. The molecule has 0 aliphatic carbocycles. The van der Waals surface area contributed by atoms with E-state index in [1.807, 2.05) is 0 Å². The summed E-state index contributed by atoms with van der Waals surface area (Å²) in [7, 11) is 0. The lowest BCUT2D eigenvalue weighted by atomic mass is 10.0. The molecule has 0 spiro atoms. The Morgan fingerprint density at radius 1 is 1.17 bits per heavy atom. The molecule has 1 aliphatic rings. The SMILES string of the molecule is CCOC(=O)n1nc2c(c1NC(=O)c1ccc(N)cc1)CN(C(=O)N(Cl)c1ccccc1Cl)C2(C)C. The maximum Gasteiger partial charge on any atom is 0.436 e. The molecule has 0 saturated carbocycles. The van der Waals surface area contributed by atoms with Gasteiger partial charge in [-0.2, -0.15) is 5.10 Å². The number of nitrogens with zero attached hydrogens (tertiary/aromatic N) is 4. The average molecular weight is 531 g/mol. The normalized spacial score (nSPS) is 13.8. The average Bonchev–Trinajstić information content (AvgIpc) is 3.33. The number of anilines is 3. The molecule has 1 aromatic heterocycles. The summed E-state index contributed by atoms with van der Waals surface area (Å²) in [6.07, 6.45) is -0.761. The zero-order valence-electron chi connectivity index (χ0n) is 19.8. The van der Waals surface area contributed by atoms with Gasteiger partial charge in [-0.15, -0.1) is 4.68 Å². The summed E-state index contributed by atoms with van der Waals surface area (Å²) in [6.45, 7) is 5.33. The number of halogens is 2. The molecule has 12 heteroatoms. The number of nitrogens with two attached hydrogens (primary N) is 1. The number of benzene rings is 2. The number of urea groups is 1. The van der Waals surface area contributed by atoms with E-state index in [9.17, 15) is 14.4 Å². The topological polar surface area (TPSA) is 123 Å². The molecular formula is C24H24Cl2N6O4. The molecule has 36 heavy (non-hydrogen) atoms. The molecule has 4 rings (SSSR count). The largest absolute Gasteiger partial charge is 0.448 e. The van der Waals surface area contributed by atoms with Crippen LogP contribution in [0.25, 0.3) is 0 Å². The van der Waals surface area contributed by atoms with E-state index in [0.29, 0.717) is 33.2 Å². The van der Waals surface area contributed by atoms with Gasteiger partial charge in [0.2, 0.25) is 0 Å². The van der Waals surface area contributed by atoms with Gasteiger partial charge in [-0.1, -0.05) is 23.7 Å². The van der Waals surface area contributed by atoms with Crippen LogP contribution in [0.15, 0.2) is 48.5 Å². The molecule has 0 fully saturated rings. The highest BCUT2D eigenvalue weighted by Crippen LogP contribution is 2.43. The summed E-state index contributed by atoms with van der Waals surface area (Å²) >= 11 is 12.6. The number of carbonyl (C=O) groups is 3. The molecule has 188 valence electrons. The fourth-order valence-electron chi connectivity index (χ4n) is 3.96. The predicted octanol–water partition coefficient (Wildman–Crippen LogP) is 5.21. The third kappa shape index (κ3) is 4.45. The van der Waals surface area contributed by atoms with Crippen molar-refractivity contribution in [2.45, 2.75) is 32.9 Å². The summed E-state index contributed by atoms with van der Waals surface area (Å²) in [5.41, 5.74) is 6.77. The molecule has 0 unspecified atom stereocenters. The van der Waals surface area contributed by atoms with Gasteiger partial charge in [0.1, 0.15) is 5.82 Å². The second-order valence-corrected chi connectivity index (χ2v) is 9.27. The lowest BCUT2D eigenvalue weighted by Crippen LogP contribution is -2.46. The first-order chi connectivity index (χ1) is 17.1. The molecule has 3 aromatic rings. The molecule has 0 bridgehead atoms. The number of carbonyl (C=O) groups excluding carboxylic acids is 3. The van der Waals surface area contributed by atoms with Gasteiger partial charge in [0.05, 0.1) is 35.1 Å². The minimum atomic E-state index is -0.987. The fraction of sp³-hybridized carbons (Fsp3) is 0.250. The molecule has 2 aromatic carbocycles. The van der Waals surface area contributed by atoms with E-state index in [2.05, 4.69) is 10.4 Å². The van der Waals surface area contributed by atoms with Gasteiger partial charge < -0.3 is 20.7 Å². The predicted molar refractivity (Wildman–Crippen MR) is 137 cm³/mol. The van der Waals surface area contributed by atoms with Crippen molar-refractivity contribution in [2.24, 2.45) is 0 Å². The van der Waals surface area contributed by atoms with E-state index in [-0.39, 0.29) is 19.0 Å². The highest BCUT2D eigenvalue weighted by molar-refractivity contribution is 6.41. The summed E-state index contributed by atoms with van der Waals surface area (Å²) in [5, 5.41) is 7.48. The van der Waals surface area contributed by atoms with Crippen LogP contribution in [-0.4, -0.2) is 39.3 Å². The van der Waals surface area contributed by atoms with E-state index >= 15 is 0 Å². The second kappa shape index (κ2) is 9.71. The second-order valence-electron chi connectivity index (χ2n) is 8.52. The van der Waals surface area contributed by atoms with Crippen LogP contribution >= 0.6 is 23.4 Å². The first-order valence-electron chi connectivity index (χ1n) is 11.0. The third-order valence-corrected chi connectivity index (χ3v) is 6.51. The van der Waals surface area contributed by atoms with Crippen LogP contribution in [0.3, 0.4) is 0 Å². The Balaban J connectivity index is 1.71. The van der Waals surface area contributed by atoms with Crippen molar-refractivity contribution in [3.8, 4) is 0 Å². The standard InChI is InChI=1S/C24H24Cl2N6O4/c1-4-36-23(35)32-20(28-21(33)14-9-11-15(27)12-10-14)16-13-30(24(2,3)19(16)29-32)22(34)31(26)18-8-6-5-7-17(18)25/h5-12H,4,13,27H2,1-3H3,(H,28,33). The van der Waals surface area contributed by atoms with Crippen molar-refractivity contribution in [3.63, 3.8) is 0 Å². The number of amides is 3. The summed E-state index contributed by atoms with van der Waals surface area (Å²) < 4.78 is 7.06. The molecule has 1 aliphatic heterocycles. The van der Waals surface area contributed by atoms with Gasteiger partial charge >= 0.3 is 12.1 Å². The number of nitrogen functional groups attached to an aromatic ring is 1. The van der Waals surface area contributed by atoms with Gasteiger partial charge in [0.25, 0.3) is 5.91 Å². The number of aromatic nitrogens is 2. The van der Waals surface area contributed by atoms with Gasteiger partial charge in [0.15, 0.2) is 0 Å². The number of ether oxygens (including phenoxy) is 1. The Kier molecular flexibility index (Phi) is 6.83. The number of nitrogens with one attached hydrogen (secondary N) is 1. The number of hydrogen-bond acceptors (Lipinski definition) is 6. The van der Waals surface area contributed by atoms with Crippen molar-refractivity contribution in [1.82, 2.24) is 14.7 Å². The minimum absolute atomic E-state index is 0.0194. The smallest absolute Gasteiger partial charge is 0.436 e. The molecule has 2 heterocycles. The molecule has 3 N–H and O–H groups in total. The fourth-order valence-corrected chi connectivity index (χ4v) is 4.46. The van der Waals surface area contributed by atoms with E-state index in [1.54, 1.807) is 69.3 Å². The van der Waals surface area contributed by atoms with Gasteiger partial charge in [-0.25, -0.2) is 14.0 Å². The van der Waals surface area contributed by atoms with E-state index in [0.717, 1.165) is 9.10 Å². The number of hydrogen-bond donors (Lipinski definition) is 2. The van der Waals surface area contributed by atoms with Crippen molar-refractivity contribution >= 4 is 58.6 Å². The summed E-state index contributed by atoms with van der Waals surface area (Å²) in [4.78, 5) is 40.6. The monoisotopic (exact) mass is 530 g/mol. The third-order valence-electron chi connectivity index (χ3n) is 5.86. The number of para-hydroxylation sites is 1. The first-order valence-corrected chi connectivity index (χ1v) is 11.8. The molecular weight excluding hydrogens is 507 g/mol. The van der Waals surface area contributed by atoms with Crippen LogP contribution in [0.2, 0.25) is 5.02 Å². The van der Waals surface area contributed by atoms with Crippen molar-refractivity contribution in [1.29, 1.82) is 0 Å². The maximum atomic E-state index is 13.4. The molecule has 0 saturated heterocycles. The highest BCUT2D eigenvalue weighted by atomic mass is 35.5. The molecule has 0 radical (unpaired) electrons. The zero-order valence-corrected chi connectivity index (χ0v) is 21.3. The first kappa shape index (κ1) is 25.3. The molecule has 3 amide bonds. The van der Waals surface area contributed by atoms with Crippen LogP contribution in [0.4, 0.5) is 26.8 Å². The van der Waals surface area contributed by atoms with Crippen molar-refractivity contribution in [2.75, 3.05) is 22.1 Å². The van der Waals surface area contributed by atoms with Crippen molar-refractivity contribution in [3.05, 3.63) is 70.4 Å². The Morgan fingerprint density at radius 2 is 1.83 bits per heavy atom. The van der Waals surface area contributed by atoms with Gasteiger partial charge in [-0.3, -0.25) is 4.79 Å². The van der Waals surface area contributed by atoms with Crippen LogP contribution in [0, 0.1) is 0 Å². The van der Waals surface area contributed by atoms with Crippen LogP contribution in [-0.2, 0) is 16.8 Å². The highest BCUT2D eigenvalue weighted by Gasteiger charge is 2.47. The lowest BCUT2D eigenvalue weighted by molar-refractivity contribution is 0.102. The summed E-state index contributed by atoms with van der Waals surface area (Å²) in [6, 6.07) is 12.4.